The third-order valence-electron chi connectivity index (χ3n) is 6.42. The average Bonchev–Trinajstić information content (AvgIpc) is 2.84. The number of carbonyl (C=O) groups is 1. The van der Waals surface area contributed by atoms with Gasteiger partial charge in [-0.2, -0.15) is 4.98 Å². The summed E-state index contributed by atoms with van der Waals surface area (Å²) >= 11 is 0. The summed E-state index contributed by atoms with van der Waals surface area (Å²) in [7, 11) is 5.64. The number of nitrogens with one attached hydrogen (secondary N) is 3. The van der Waals surface area contributed by atoms with Crippen LogP contribution in [0.4, 0.5) is 22.2 Å². The molecule has 3 aromatic rings. The Morgan fingerprint density at radius 1 is 1.09 bits per heavy atom. The van der Waals surface area contributed by atoms with Gasteiger partial charge in [0.1, 0.15) is 11.6 Å². The fraction of sp³-hybridized carbons (Fsp3) is 0.423. The Labute approximate surface area is 201 Å². The maximum atomic E-state index is 12.4. The molecule has 0 atom stereocenters. The molecule has 8 nitrogen and oxygen atoms in total. The van der Waals surface area contributed by atoms with Gasteiger partial charge in [0.25, 0.3) is 0 Å². The highest BCUT2D eigenvalue weighted by atomic mass is 16.5. The van der Waals surface area contributed by atoms with Crippen LogP contribution in [0.15, 0.2) is 42.5 Å². The third-order valence-corrected chi connectivity index (χ3v) is 6.42. The van der Waals surface area contributed by atoms with Gasteiger partial charge in [-0.15, -0.1) is 0 Å². The van der Waals surface area contributed by atoms with Gasteiger partial charge in [0.05, 0.1) is 12.6 Å². The number of hydrogen-bond acceptors (Lipinski definition) is 6. The predicted molar refractivity (Wildman–Crippen MR) is 138 cm³/mol. The minimum absolute atomic E-state index is 0.172. The Morgan fingerprint density at radius 2 is 1.85 bits per heavy atom. The minimum atomic E-state index is -0.172. The van der Waals surface area contributed by atoms with Gasteiger partial charge in [-0.05, 0) is 74.4 Å². The van der Waals surface area contributed by atoms with Crippen LogP contribution in [0.3, 0.4) is 0 Å². The van der Waals surface area contributed by atoms with Crippen LogP contribution in [0.5, 0.6) is 5.75 Å². The van der Waals surface area contributed by atoms with E-state index in [1.165, 1.54) is 0 Å². The number of ether oxygens (including phenoxy) is 1. The number of nitrogens with zero attached hydrogens (tertiary/aromatic N) is 3. The lowest BCUT2D eigenvalue weighted by atomic mass is 9.86. The molecule has 0 aliphatic heterocycles. The molecule has 34 heavy (non-hydrogen) atoms. The van der Waals surface area contributed by atoms with Gasteiger partial charge >= 0.3 is 6.03 Å². The van der Waals surface area contributed by atoms with Crippen LogP contribution >= 0.6 is 0 Å². The van der Waals surface area contributed by atoms with Gasteiger partial charge in [-0.1, -0.05) is 12.1 Å². The second-order valence-corrected chi connectivity index (χ2v) is 9.16. The molecule has 1 aromatic heterocycles. The number of urea groups is 1. The number of carbonyl (C=O) groups excluding carboxylic acids is 1. The van der Waals surface area contributed by atoms with Gasteiger partial charge in [-0.3, -0.25) is 0 Å². The fourth-order valence-corrected chi connectivity index (χ4v) is 4.47. The molecular weight excluding hydrogens is 428 g/mol. The number of amides is 2. The summed E-state index contributed by atoms with van der Waals surface area (Å²) in [5.74, 6) is 2.85. The smallest absolute Gasteiger partial charge is 0.319 e. The molecule has 8 heteroatoms. The van der Waals surface area contributed by atoms with Crippen LogP contribution in [0.1, 0.15) is 31.2 Å². The zero-order chi connectivity index (χ0) is 24.1. The number of benzene rings is 2. The molecule has 0 unspecified atom stereocenters. The van der Waals surface area contributed by atoms with E-state index in [2.05, 4.69) is 22.0 Å². The third kappa shape index (κ3) is 5.68. The van der Waals surface area contributed by atoms with Crippen molar-refractivity contribution in [2.45, 2.75) is 38.6 Å². The fourth-order valence-electron chi connectivity index (χ4n) is 4.47. The van der Waals surface area contributed by atoms with Crippen molar-refractivity contribution in [3.8, 4) is 5.75 Å². The van der Waals surface area contributed by atoms with Crippen LogP contribution in [0.25, 0.3) is 10.9 Å². The highest BCUT2D eigenvalue weighted by Crippen LogP contribution is 2.28. The van der Waals surface area contributed by atoms with E-state index in [0.717, 1.165) is 59.4 Å². The van der Waals surface area contributed by atoms with Crippen LogP contribution in [-0.2, 0) is 0 Å². The first-order valence-electron chi connectivity index (χ1n) is 11.8. The Bertz CT molecular complexity index is 1140. The number of fused-ring (bicyclic) bond motifs is 1. The predicted octanol–water partition coefficient (Wildman–Crippen LogP) is 4.81. The molecule has 2 aromatic carbocycles. The molecule has 0 bridgehead atoms. The van der Waals surface area contributed by atoms with E-state index in [1.54, 1.807) is 7.11 Å². The van der Waals surface area contributed by atoms with Crippen molar-refractivity contribution < 1.29 is 9.53 Å². The van der Waals surface area contributed by atoms with E-state index in [1.807, 2.05) is 62.3 Å². The van der Waals surface area contributed by atoms with Crippen LogP contribution in [0.2, 0.25) is 0 Å². The monoisotopic (exact) mass is 462 g/mol. The normalized spacial score (nSPS) is 17.8. The van der Waals surface area contributed by atoms with Crippen LogP contribution in [-0.4, -0.2) is 49.8 Å². The van der Waals surface area contributed by atoms with Crippen molar-refractivity contribution in [3.05, 3.63) is 48.0 Å². The summed E-state index contributed by atoms with van der Waals surface area (Å²) in [6, 6.07) is 13.9. The molecular formula is C26H34N6O2. The van der Waals surface area contributed by atoms with Crippen LogP contribution < -0.4 is 25.6 Å². The van der Waals surface area contributed by atoms with Crippen molar-refractivity contribution in [2.24, 2.45) is 5.92 Å². The largest absolute Gasteiger partial charge is 0.497 e. The number of rotatable bonds is 7. The van der Waals surface area contributed by atoms with E-state index < -0.39 is 0 Å². The molecule has 0 spiro atoms. The molecule has 1 saturated carbocycles. The van der Waals surface area contributed by atoms with Crippen molar-refractivity contribution in [1.82, 2.24) is 15.3 Å². The zero-order valence-corrected chi connectivity index (χ0v) is 20.4. The second-order valence-electron chi connectivity index (χ2n) is 9.16. The van der Waals surface area contributed by atoms with Crippen molar-refractivity contribution >= 4 is 34.4 Å². The lowest BCUT2D eigenvalue weighted by Gasteiger charge is -2.29. The molecule has 4 rings (SSSR count). The average molecular weight is 463 g/mol. The maximum Gasteiger partial charge on any atom is 0.319 e. The van der Waals surface area contributed by atoms with Crippen molar-refractivity contribution in [3.63, 3.8) is 0 Å². The quantitative estimate of drug-likeness (QED) is 0.467. The van der Waals surface area contributed by atoms with Crippen molar-refractivity contribution in [1.29, 1.82) is 0 Å². The SMILES string of the molecule is COc1ccc(NC(=O)NC[C@H]2CC[C@@H](Nc3nc(N(C)C)c4ccccc4n3)CC2)c(C)c1. The maximum absolute atomic E-state index is 12.4. The van der Waals surface area contributed by atoms with Gasteiger partial charge < -0.3 is 25.6 Å². The number of hydrogen-bond donors (Lipinski definition) is 3. The molecule has 1 aliphatic rings. The van der Waals surface area contributed by atoms with E-state index in [9.17, 15) is 4.79 Å². The van der Waals surface area contributed by atoms with E-state index in [4.69, 9.17) is 14.7 Å². The summed E-state index contributed by atoms with van der Waals surface area (Å²) in [6.45, 7) is 2.62. The number of para-hydroxylation sites is 1. The summed E-state index contributed by atoms with van der Waals surface area (Å²) in [6.07, 6.45) is 4.15. The molecule has 0 saturated heterocycles. The summed E-state index contributed by atoms with van der Waals surface area (Å²) < 4.78 is 5.22. The number of methoxy groups -OCH3 is 1. The summed E-state index contributed by atoms with van der Waals surface area (Å²) in [4.78, 5) is 23.9. The molecule has 1 aliphatic carbocycles. The highest BCUT2D eigenvalue weighted by molar-refractivity contribution is 5.91. The summed E-state index contributed by atoms with van der Waals surface area (Å²) in [5, 5.41) is 10.6. The van der Waals surface area contributed by atoms with Crippen LogP contribution in [0, 0.1) is 12.8 Å². The molecule has 1 heterocycles. The molecule has 180 valence electrons. The van der Waals surface area contributed by atoms with E-state index >= 15 is 0 Å². The Kier molecular flexibility index (Phi) is 7.35. The highest BCUT2D eigenvalue weighted by Gasteiger charge is 2.23. The first-order valence-corrected chi connectivity index (χ1v) is 11.8. The Hall–Kier alpha value is -3.55. The first-order chi connectivity index (χ1) is 16.4. The number of aryl methyl sites for hydroxylation is 1. The number of anilines is 3. The van der Waals surface area contributed by atoms with Gasteiger partial charge in [-0.25, -0.2) is 9.78 Å². The Morgan fingerprint density at radius 3 is 2.56 bits per heavy atom. The summed E-state index contributed by atoms with van der Waals surface area (Å²) in [5.41, 5.74) is 2.70. The molecule has 0 radical (unpaired) electrons. The van der Waals surface area contributed by atoms with Crippen molar-refractivity contribution in [2.75, 3.05) is 43.3 Å². The molecule has 2 amide bonds. The lowest BCUT2D eigenvalue weighted by molar-refractivity contribution is 0.246. The molecule has 1 fully saturated rings. The lowest BCUT2D eigenvalue weighted by Crippen LogP contribution is -2.36. The van der Waals surface area contributed by atoms with Gasteiger partial charge in [0.15, 0.2) is 0 Å². The zero-order valence-electron chi connectivity index (χ0n) is 20.4. The topological polar surface area (TPSA) is 91.4 Å². The molecule has 3 N–H and O–H groups in total. The van der Waals surface area contributed by atoms with Gasteiger partial charge in [0, 0.05) is 37.8 Å². The number of aromatic nitrogens is 2. The van der Waals surface area contributed by atoms with E-state index in [0.29, 0.717) is 24.5 Å². The second kappa shape index (κ2) is 10.6. The van der Waals surface area contributed by atoms with E-state index in [-0.39, 0.29) is 6.03 Å². The minimum Gasteiger partial charge on any atom is -0.497 e. The standard InChI is InChI=1S/C26H34N6O2/c1-17-15-20(34-4)13-14-22(17)30-26(33)27-16-18-9-11-19(12-10-18)28-25-29-23-8-6-5-7-21(23)24(31-25)32(2)3/h5-8,13-15,18-19H,9-12,16H2,1-4H3,(H2,27,30,33)(H,28,29,31)/t18-,19+. The first kappa shape index (κ1) is 23.6. The Balaban J connectivity index is 1.26. The van der Waals surface area contributed by atoms with Gasteiger partial charge in [0.2, 0.25) is 5.95 Å².